The van der Waals surface area contributed by atoms with Crippen LogP contribution in [0, 0.1) is 4.77 Å². The number of H-pyrrole nitrogens is 1. The van der Waals surface area contributed by atoms with Crippen LogP contribution in [0.4, 0.5) is 13.2 Å². The highest BCUT2D eigenvalue weighted by atomic mass is 32.1. The first kappa shape index (κ1) is 14.0. The van der Waals surface area contributed by atoms with Gasteiger partial charge in [0.1, 0.15) is 10.4 Å². The number of fused-ring (bicyclic) bond motifs is 1. The number of nitrogens with zero attached hydrogens (tertiary/aromatic N) is 2. The van der Waals surface area contributed by atoms with Crippen molar-refractivity contribution in [3.8, 4) is 5.69 Å². The fraction of sp³-hybridized carbons (Fsp3) is 0.0833. The highest BCUT2D eigenvalue weighted by Gasteiger charge is 2.32. The summed E-state index contributed by atoms with van der Waals surface area (Å²) >= 11 is 6.31. The van der Waals surface area contributed by atoms with Crippen molar-refractivity contribution in [1.82, 2.24) is 14.5 Å². The van der Waals surface area contributed by atoms with Crippen molar-refractivity contribution in [2.75, 3.05) is 0 Å². The second-order valence-corrected chi connectivity index (χ2v) is 5.44. The fourth-order valence-electron chi connectivity index (χ4n) is 1.86. The average Bonchev–Trinajstić information content (AvgIpc) is 2.86. The number of alkyl halides is 3. The Balaban J connectivity index is 2.21. The van der Waals surface area contributed by atoms with Crippen molar-refractivity contribution in [3.63, 3.8) is 0 Å². The number of rotatable bonds is 1. The van der Waals surface area contributed by atoms with E-state index in [1.807, 2.05) is 0 Å². The summed E-state index contributed by atoms with van der Waals surface area (Å²) in [5.41, 5.74) is -0.618. The fourth-order valence-corrected chi connectivity index (χ4v) is 2.94. The summed E-state index contributed by atoms with van der Waals surface area (Å²) in [7, 11) is 0. The van der Waals surface area contributed by atoms with Gasteiger partial charge >= 0.3 is 6.18 Å². The van der Waals surface area contributed by atoms with Crippen LogP contribution in [0.3, 0.4) is 0 Å². The monoisotopic (exact) mass is 329 g/mol. The number of pyridine rings is 1. The molecule has 1 N–H and O–H groups in total. The molecule has 0 aliphatic carbocycles. The molecule has 0 aromatic carbocycles. The van der Waals surface area contributed by atoms with E-state index in [1.54, 1.807) is 11.4 Å². The molecule has 0 atom stereocenters. The lowest BCUT2D eigenvalue weighted by Crippen LogP contribution is -2.20. The maximum Gasteiger partial charge on any atom is 0.433 e. The van der Waals surface area contributed by atoms with Gasteiger partial charge in [0.05, 0.1) is 17.4 Å². The van der Waals surface area contributed by atoms with Crippen LogP contribution in [-0.2, 0) is 6.18 Å². The maximum atomic E-state index is 12.5. The zero-order valence-electron chi connectivity index (χ0n) is 10.1. The third-order valence-electron chi connectivity index (χ3n) is 2.80. The van der Waals surface area contributed by atoms with E-state index in [0.717, 1.165) is 16.8 Å². The number of nitrogens with one attached hydrogen (secondary N) is 1. The molecule has 0 radical (unpaired) electrons. The molecule has 3 aromatic rings. The molecule has 21 heavy (non-hydrogen) atoms. The van der Waals surface area contributed by atoms with Crippen molar-refractivity contribution in [2.24, 2.45) is 0 Å². The number of aromatic nitrogens is 3. The Hall–Kier alpha value is -2.00. The number of hydrogen-bond donors (Lipinski definition) is 1. The van der Waals surface area contributed by atoms with Crippen LogP contribution in [-0.4, -0.2) is 14.5 Å². The highest BCUT2D eigenvalue weighted by Crippen LogP contribution is 2.27. The normalized spacial score (nSPS) is 12.0. The van der Waals surface area contributed by atoms with Crippen LogP contribution in [0.5, 0.6) is 0 Å². The predicted octanol–water partition coefficient (Wildman–Crippen LogP) is 3.52. The van der Waals surface area contributed by atoms with E-state index in [9.17, 15) is 18.0 Å². The number of thiophene rings is 1. The molecule has 3 rings (SSSR count). The van der Waals surface area contributed by atoms with Gasteiger partial charge in [0.15, 0.2) is 4.77 Å². The molecule has 0 aliphatic heterocycles. The van der Waals surface area contributed by atoms with Crippen molar-refractivity contribution in [2.45, 2.75) is 6.18 Å². The predicted molar refractivity (Wildman–Crippen MR) is 75.4 cm³/mol. The van der Waals surface area contributed by atoms with E-state index in [-0.39, 0.29) is 16.0 Å². The van der Waals surface area contributed by atoms with Gasteiger partial charge in [-0.05, 0) is 35.8 Å². The molecule has 0 amide bonds. The Morgan fingerprint density at radius 2 is 2.05 bits per heavy atom. The Bertz CT molecular complexity index is 922. The van der Waals surface area contributed by atoms with E-state index in [4.69, 9.17) is 12.2 Å². The van der Waals surface area contributed by atoms with Gasteiger partial charge in [0, 0.05) is 0 Å². The van der Waals surface area contributed by atoms with E-state index < -0.39 is 11.9 Å². The summed E-state index contributed by atoms with van der Waals surface area (Å²) < 4.78 is 39.2. The van der Waals surface area contributed by atoms with E-state index in [2.05, 4.69) is 9.97 Å². The summed E-state index contributed by atoms with van der Waals surface area (Å²) in [5.74, 6) is 0. The van der Waals surface area contributed by atoms with Crippen LogP contribution in [0.15, 0.2) is 34.6 Å². The lowest BCUT2D eigenvalue weighted by atomic mass is 10.3. The van der Waals surface area contributed by atoms with Crippen molar-refractivity contribution >= 4 is 33.8 Å². The first-order chi connectivity index (χ1) is 9.88. The van der Waals surface area contributed by atoms with E-state index in [1.165, 1.54) is 17.4 Å². The zero-order valence-corrected chi connectivity index (χ0v) is 11.8. The molecular weight excluding hydrogens is 323 g/mol. The minimum absolute atomic E-state index is 0.104. The van der Waals surface area contributed by atoms with Crippen LogP contribution in [0.1, 0.15) is 5.69 Å². The first-order valence-corrected chi connectivity index (χ1v) is 6.93. The summed E-state index contributed by atoms with van der Waals surface area (Å²) in [4.78, 5) is 18.5. The number of hydrogen-bond acceptors (Lipinski definition) is 4. The Labute approximate surface area is 124 Å². The van der Waals surface area contributed by atoms with Gasteiger partial charge in [-0.15, -0.1) is 11.3 Å². The van der Waals surface area contributed by atoms with Gasteiger partial charge in [-0.3, -0.25) is 9.36 Å². The molecule has 0 spiro atoms. The Morgan fingerprint density at radius 1 is 1.29 bits per heavy atom. The number of aromatic amines is 1. The van der Waals surface area contributed by atoms with Crippen molar-refractivity contribution in [1.29, 1.82) is 0 Å². The van der Waals surface area contributed by atoms with Crippen LogP contribution in [0.25, 0.3) is 15.9 Å². The molecule has 0 saturated carbocycles. The quantitative estimate of drug-likeness (QED) is 0.695. The molecule has 3 heterocycles. The average molecular weight is 329 g/mol. The van der Waals surface area contributed by atoms with Crippen LogP contribution >= 0.6 is 23.6 Å². The molecule has 0 fully saturated rings. The van der Waals surface area contributed by atoms with Crippen LogP contribution in [0.2, 0.25) is 0 Å². The van der Waals surface area contributed by atoms with E-state index in [0.29, 0.717) is 10.2 Å². The third kappa shape index (κ3) is 2.38. The molecule has 9 heteroatoms. The molecule has 4 nitrogen and oxygen atoms in total. The standard InChI is InChI=1S/C12H6F3N3OS2/c13-12(14,15)8-2-1-6(5-16-8)18-10(19)9-7(3-4-21-9)17-11(18)20/h1-5H,(H,17,20). The summed E-state index contributed by atoms with van der Waals surface area (Å²) in [6, 6.07) is 3.70. The first-order valence-electron chi connectivity index (χ1n) is 5.64. The molecule has 3 aromatic heterocycles. The van der Waals surface area contributed by atoms with Crippen molar-refractivity contribution < 1.29 is 13.2 Å². The Kier molecular flexibility index (Phi) is 3.18. The summed E-state index contributed by atoms with van der Waals surface area (Å²) in [5, 5.41) is 1.73. The highest BCUT2D eigenvalue weighted by molar-refractivity contribution is 7.71. The number of halogens is 3. The maximum absolute atomic E-state index is 12.5. The topological polar surface area (TPSA) is 50.7 Å². The van der Waals surface area contributed by atoms with Gasteiger partial charge in [-0.2, -0.15) is 13.2 Å². The molecule has 0 bridgehead atoms. The second-order valence-electron chi connectivity index (χ2n) is 4.13. The third-order valence-corrected chi connectivity index (χ3v) is 3.99. The molecule has 108 valence electrons. The van der Waals surface area contributed by atoms with Gasteiger partial charge in [-0.1, -0.05) is 0 Å². The van der Waals surface area contributed by atoms with Gasteiger partial charge < -0.3 is 4.98 Å². The lowest BCUT2D eigenvalue weighted by Gasteiger charge is -2.08. The second kappa shape index (κ2) is 4.78. The summed E-state index contributed by atoms with van der Waals surface area (Å²) in [6.07, 6.45) is -3.54. The van der Waals surface area contributed by atoms with Gasteiger partial charge in [-0.25, -0.2) is 4.98 Å². The van der Waals surface area contributed by atoms with Gasteiger partial charge in [0.2, 0.25) is 0 Å². The lowest BCUT2D eigenvalue weighted by molar-refractivity contribution is -0.141. The molecule has 0 unspecified atom stereocenters. The molecule has 0 aliphatic rings. The smallest absolute Gasteiger partial charge is 0.331 e. The van der Waals surface area contributed by atoms with E-state index >= 15 is 0 Å². The molecule has 0 saturated heterocycles. The van der Waals surface area contributed by atoms with Crippen LogP contribution < -0.4 is 5.56 Å². The van der Waals surface area contributed by atoms with Crippen molar-refractivity contribution in [3.05, 3.63) is 50.6 Å². The minimum Gasteiger partial charge on any atom is -0.331 e. The molecular formula is C12H6F3N3OS2. The van der Waals surface area contributed by atoms with Gasteiger partial charge in [0.25, 0.3) is 5.56 Å². The minimum atomic E-state index is -4.52. The zero-order chi connectivity index (χ0) is 15.2. The largest absolute Gasteiger partial charge is 0.433 e. The Morgan fingerprint density at radius 3 is 2.67 bits per heavy atom. The SMILES string of the molecule is O=c1c2sccc2[nH]c(=S)n1-c1ccc(C(F)(F)F)nc1. The summed E-state index contributed by atoms with van der Waals surface area (Å²) in [6.45, 7) is 0.